The number of rotatable bonds is 4. The highest BCUT2D eigenvalue weighted by Gasteiger charge is 2.05. The normalized spacial score (nSPS) is 11.4. The van der Waals surface area contributed by atoms with Gasteiger partial charge >= 0.3 is 0 Å². The second kappa shape index (κ2) is 4.63. The predicted octanol–water partition coefficient (Wildman–Crippen LogP) is 1.57. The highest BCUT2D eigenvalue weighted by atomic mass is 32.2. The van der Waals surface area contributed by atoms with Crippen LogP contribution >= 0.6 is 0 Å². The van der Waals surface area contributed by atoms with E-state index in [0.717, 1.165) is 11.1 Å². The van der Waals surface area contributed by atoms with Crippen molar-refractivity contribution in [3.8, 4) is 5.75 Å². The molecule has 0 saturated heterocycles. The highest BCUT2D eigenvalue weighted by molar-refractivity contribution is 7.85. The van der Waals surface area contributed by atoms with Crippen LogP contribution in [0.3, 0.4) is 0 Å². The van der Waals surface area contributed by atoms with Crippen LogP contribution in [-0.2, 0) is 10.1 Å². The first-order valence-corrected chi connectivity index (χ1v) is 6.14. The molecule has 0 amide bonds. The van der Waals surface area contributed by atoms with Crippen molar-refractivity contribution in [1.82, 2.24) is 0 Å². The molecule has 0 aromatic heterocycles. The molecule has 0 heterocycles. The molecule has 1 rings (SSSR count). The Labute approximate surface area is 89.6 Å². The van der Waals surface area contributed by atoms with Gasteiger partial charge in [-0.15, -0.1) is 0 Å². The summed E-state index contributed by atoms with van der Waals surface area (Å²) >= 11 is 0. The zero-order chi connectivity index (χ0) is 11.5. The Hall–Kier alpha value is -1.07. The van der Waals surface area contributed by atoms with Crippen LogP contribution in [-0.4, -0.2) is 25.3 Å². The third-order valence-corrected chi connectivity index (χ3v) is 2.63. The van der Waals surface area contributed by atoms with Crippen LogP contribution in [0.2, 0.25) is 0 Å². The van der Waals surface area contributed by atoms with Gasteiger partial charge in [0.05, 0.1) is 0 Å². The molecule has 0 saturated carbocycles. The van der Waals surface area contributed by atoms with Crippen molar-refractivity contribution >= 4 is 10.1 Å². The van der Waals surface area contributed by atoms with Crippen LogP contribution in [0.15, 0.2) is 18.2 Å². The first kappa shape index (κ1) is 12.0. The van der Waals surface area contributed by atoms with Crippen LogP contribution in [0.25, 0.3) is 0 Å². The van der Waals surface area contributed by atoms with Crippen LogP contribution in [0, 0.1) is 13.8 Å². The van der Waals surface area contributed by atoms with Gasteiger partial charge in [-0.2, -0.15) is 8.42 Å². The maximum atomic E-state index is 10.4. The zero-order valence-electron chi connectivity index (χ0n) is 8.73. The molecule has 1 aromatic rings. The molecule has 0 aliphatic rings. The molecule has 84 valence electrons. The summed E-state index contributed by atoms with van der Waals surface area (Å²) in [5, 5.41) is 0. The molecule has 0 spiro atoms. The first-order valence-electron chi connectivity index (χ1n) is 4.54. The molecule has 0 bridgehead atoms. The maximum Gasteiger partial charge on any atom is 0.268 e. The van der Waals surface area contributed by atoms with Crippen molar-refractivity contribution in [2.45, 2.75) is 13.8 Å². The van der Waals surface area contributed by atoms with Gasteiger partial charge in [0, 0.05) is 0 Å². The molecule has 0 atom stereocenters. The lowest BCUT2D eigenvalue weighted by Crippen LogP contribution is -2.13. The van der Waals surface area contributed by atoms with Crippen molar-refractivity contribution in [2.75, 3.05) is 12.4 Å². The molecule has 0 aliphatic carbocycles. The summed E-state index contributed by atoms with van der Waals surface area (Å²) in [6.45, 7) is 3.76. The molecular formula is C10H14O4S. The molecule has 0 fully saturated rings. The standard InChI is InChI=1S/C10H14O4S/c1-8-3-4-9(2)10(7-8)14-5-6-15(11,12)13/h3-4,7H,5-6H2,1-2H3,(H,11,12,13). The first-order chi connectivity index (χ1) is 6.88. The van der Waals surface area contributed by atoms with Crippen LogP contribution < -0.4 is 4.74 Å². The van der Waals surface area contributed by atoms with Crippen LogP contribution in [0.1, 0.15) is 11.1 Å². The molecule has 1 N–H and O–H groups in total. The van der Waals surface area contributed by atoms with E-state index in [1.54, 1.807) is 0 Å². The largest absolute Gasteiger partial charge is 0.492 e. The van der Waals surface area contributed by atoms with Gasteiger partial charge in [0.15, 0.2) is 0 Å². The Bertz CT molecular complexity index is 437. The number of benzene rings is 1. The van der Waals surface area contributed by atoms with Gasteiger partial charge in [-0.3, -0.25) is 4.55 Å². The summed E-state index contributed by atoms with van der Waals surface area (Å²) in [6.07, 6.45) is 0. The quantitative estimate of drug-likeness (QED) is 0.797. The topological polar surface area (TPSA) is 63.6 Å². The van der Waals surface area contributed by atoms with E-state index >= 15 is 0 Å². The third kappa shape index (κ3) is 4.31. The summed E-state index contributed by atoms with van der Waals surface area (Å²) in [7, 11) is -3.94. The molecule has 4 nitrogen and oxygen atoms in total. The fourth-order valence-corrected chi connectivity index (χ4v) is 1.41. The van der Waals surface area contributed by atoms with Crippen LogP contribution in [0.4, 0.5) is 0 Å². The lowest BCUT2D eigenvalue weighted by molar-refractivity contribution is 0.333. The monoisotopic (exact) mass is 230 g/mol. The number of ether oxygens (including phenoxy) is 1. The van der Waals surface area contributed by atoms with E-state index in [9.17, 15) is 8.42 Å². The van der Waals surface area contributed by atoms with Gasteiger partial charge in [0.25, 0.3) is 10.1 Å². The van der Waals surface area contributed by atoms with E-state index in [0.29, 0.717) is 5.75 Å². The zero-order valence-corrected chi connectivity index (χ0v) is 9.54. The van der Waals surface area contributed by atoms with Crippen molar-refractivity contribution < 1.29 is 17.7 Å². The van der Waals surface area contributed by atoms with Gasteiger partial charge in [0.2, 0.25) is 0 Å². The van der Waals surface area contributed by atoms with Crippen molar-refractivity contribution in [3.63, 3.8) is 0 Å². The SMILES string of the molecule is Cc1ccc(C)c(OCCS(=O)(=O)O)c1. The van der Waals surface area contributed by atoms with Crippen molar-refractivity contribution in [2.24, 2.45) is 0 Å². The summed E-state index contributed by atoms with van der Waals surface area (Å²) < 4.78 is 34.7. The van der Waals surface area contributed by atoms with E-state index in [4.69, 9.17) is 9.29 Å². The van der Waals surface area contributed by atoms with E-state index in [-0.39, 0.29) is 12.4 Å². The van der Waals surface area contributed by atoms with Crippen molar-refractivity contribution in [3.05, 3.63) is 29.3 Å². The number of hydrogen-bond donors (Lipinski definition) is 1. The van der Waals surface area contributed by atoms with Gasteiger partial charge < -0.3 is 4.74 Å². The number of hydrogen-bond acceptors (Lipinski definition) is 3. The third-order valence-electron chi connectivity index (χ3n) is 1.94. The Morgan fingerprint density at radius 3 is 2.60 bits per heavy atom. The molecule has 0 radical (unpaired) electrons. The summed E-state index contributed by atoms with van der Waals surface area (Å²) in [5.74, 6) is 0.263. The van der Waals surface area contributed by atoms with Crippen molar-refractivity contribution in [1.29, 1.82) is 0 Å². The lowest BCUT2D eigenvalue weighted by atomic mass is 10.1. The smallest absolute Gasteiger partial charge is 0.268 e. The average molecular weight is 230 g/mol. The molecule has 0 aliphatic heterocycles. The molecular weight excluding hydrogens is 216 g/mol. The second-order valence-electron chi connectivity index (χ2n) is 3.40. The minimum absolute atomic E-state index is 0.0386. The molecule has 15 heavy (non-hydrogen) atoms. The highest BCUT2D eigenvalue weighted by Crippen LogP contribution is 2.18. The number of aryl methyl sites for hydroxylation is 2. The van der Waals surface area contributed by atoms with Gasteiger partial charge in [0.1, 0.15) is 18.1 Å². The predicted molar refractivity (Wildman–Crippen MR) is 57.8 cm³/mol. The van der Waals surface area contributed by atoms with Crippen LogP contribution in [0.5, 0.6) is 5.75 Å². The Kier molecular flexibility index (Phi) is 3.71. The Morgan fingerprint density at radius 1 is 1.33 bits per heavy atom. The van der Waals surface area contributed by atoms with E-state index in [2.05, 4.69) is 0 Å². The lowest BCUT2D eigenvalue weighted by Gasteiger charge is -2.08. The Balaban J connectivity index is 2.61. The van der Waals surface area contributed by atoms with Gasteiger partial charge in [-0.25, -0.2) is 0 Å². The summed E-state index contributed by atoms with van der Waals surface area (Å²) in [6, 6.07) is 5.68. The van der Waals surface area contributed by atoms with Gasteiger partial charge in [-0.05, 0) is 31.0 Å². The van der Waals surface area contributed by atoms with E-state index < -0.39 is 10.1 Å². The van der Waals surface area contributed by atoms with E-state index in [1.807, 2.05) is 32.0 Å². The minimum atomic E-state index is -3.94. The average Bonchev–Trinajstić information content (AvgIpc) is 2.09. The fraction of sp³-hybridized carbons (Fsp3) is 0.400. The Morgan fingerprint density at radius 2 is 2.00 bits per heavy atom. The second-order valence-corrected chi connectivity index (χ2v) is 4.98. The van der Waals surface area contributed by atoms with Gasteiger partial charge in [-0.1, -0.05) is 12.1 Å². The molecule has 0 unspecified atom stereocenters. The summed E-state index contributed by atoms with van der Waals surface area (Å²) in [4.78, 5) is 0. The summed E-state index contributed by atoms with van der Waals surface area (Å²) in [5.41, 5.74) is 1.98. The fourth-order valence-electron chi connectivity index (χ4n) is 1.12. The minimum Gasteiger partial charge on any atom is -0.492 e. The molecule has 5 heteroatoms. The maximum absolute atomic E-state index is 10.4. The van der Waals surface area contributed by atoms with E-state index in [1.165, 1.54) is 0 Å². The molecule has 1 aromatic carbocycles.